The number of amides is 1. The van der Waals surface area contributed by atoms with Crippen molar-refractivity contribution < 1.29 is 23.4 Å². The van der Waals surface area contributed by atoms with Gasteiger partial charge in [0.15, 0.2) is 0 Å². The van der Waals surface area contributed by atoms with Crippen molar-refractivity contribution in [1.82, 2.24) is 4.31 Å². The molecule has 0 saturated heterocycles. The zero-order valence-corrected chi connectivity index (χ0v) is 12.0. The monoisotopic (exact) mass is 357 g/mol. The molecule has 2 N–H and O–H groups in total. The van der Waals surface area contributed by atoms with Crippen LogP contribution in [-0.4, -0.2) is 41.5 Å². The molecule has 0 bridgehead atoms. The number of hydrogen-bond acceptors (Lipinski definition) is 4. The zero-order valence-electron chi connectivity index (χ0n) is 8.88. The van der Waals surface area contributed by atoms with Crippen LogP contribution in [0.4, 0.5) is 4.79 Å². The van der Waals surface area contributed by atoms with Gasteiger partial charge < -0.3 is 10.2 Å². The second-order valence-corrected chi connectivity index (χ2v) is 6.29. The molecule has 0 radical (unpaired) electrons. The SMILES string of the molecule is O=C(O)N(CCCl)S(=O)(=O)c1cc(Br)ccc1O. The maximum atomic E-state index is 12.0. The average molecular weight is 359 g/mol. The van der Waals surface area contributed by atoms with E-state index in [-0.39, 0.29) is 10.2 Å². The second kappa shape index (κ2) is 5.77. The van der Waals surface area contributed by atoms with Crippen molar-refractivity contribution in [3.05, 3.63) is 22.7 Å². The van der Waals surface area contributed by atoms with Gasteiger partial charge in [-0.15, -0.1) is 11.6 Å². The molecule has 1 amide bonds. The molecule has 1 aromatic rings. The van der Waals surface area contributed by atoms with E-state index in [2.05, 4.69) is 15.9 Å². The summed E-state index contributed by atoms with van der Waals surface area (Å²) in [6.07, 6.45) is -1.66. The van der Waals surface area contributed by atoms with Gasteiger partial charge in [-0.1, -0.05) is 15.9 Å². The van der Waals surface area contributed by atoms with Gasteiger partial charge >= 0.3 is 6.09 Å². The lowest BCUT2D eigenvalue weighted by Crippen LogP contribution is -2.37. The average Bonchev–Trinajstić information content (AvgIpc) is 2.28. The molecular weight excluding hydrogens is 350 g/mol. The van der Waals surface area contributed by atoms with E-state index >= 15 is 0 Å². The summed E-state index contributed by atoms with van der Waals surface area (Å²) in [6.45, 7) is -0.398. The van der Waals surface area contributed by atoms with Crippen molar-refractivity contribution in [2.24, 2.45) is 0 Å². The number of nitrogens with zero attached hydrogens (tertiary/aromatic N) is 1. The third-order valence-electron chi connectivity index (χ3n) is 1.99. The van der Waals surface area contributed by atoms with Crippen molar-refractivity contribution in [2.75, 3.05) is 12.4 Å². The Kier molecular flexibility index (Phi) is 4.83. The summed E-state index contributed by atoms with van der Waals surface area (Å²) in [5.74, 6) is -0.709. The van der Waals surface area contributed by atoms with Crippen molar-refractivity contribution in [3.63, 3.8) is 0 Å². The van der Waals surface area contributed by atoms with E-state index in [9.17, 15) is 18.3 Å². The molecule has 100 valence electrons. The maximum Gasteiger partial charge on any atom is 0.421 e. The Bertz CT molecular complexity index is 562. The van der Waals surface area contributed by atoms with E-state index in [0.29, 0.717) is 4.47 Å². The first-order valence-electron chi connectivity index (χ1n) is 4.61. The number of aromatic hydroxyl groups is 1. The van der Waals surface area contributed by atoms with Crippen LogP contribution < -0.4 is 0 Å². The number of halogens is 2. The highest BCUT2D eigenvalue weighted by Gasteiger charge is 2.31. The van der Waals surface area contributed by atoms with Gasteiger partial charge in [-0.3, -0.25) is 0 Å². The third-order valence-corrected chi connectivity index (χ3v) is 4.45. The lowest BCUT2D eigenvalue weighted by molar-refractivity contribution is 0.174. The predicted octanol–water partition coefficient (Wildman–Crippen LogP) is 2.06. The van der Waals surface area contributed by atoms with Gasteiger partial charge in [-0.2, -0.15) is 4.31 Å². The summed E-state index contributed by atoms with van der Waals surface area (Å²) in [6, 6.07) is 3.70. The maximum absolute atomic E-state index is 12.0. The topological polar surface area (TPSA) is 94.9 Å². The van der Waals surface area contributed by atoms with Crippen LogP contribution in [0, 0.1) is 0 Å². The highest BCUT2D eigenvalue weighted by molar-refractivity contribution is 9.10. The summed E-state index contributed by atoms with van der Waals surface area (Å²) in [7, 11) is -4.35. The highest BCUT2D eigenvalue weighted by atomic mass is 79.9. The lowest BCUT2D eigenvalue weighted by atomic mass is 10.3. The number of rotatable bonds is 4. The standard InChI is InChI=1S/C9H9BrClNO5S/c10-6-1-2-7(13)8(5-6)18(16,17)12(4-3-11)9(14)15/h1-2,5,13H,3-4H2,(H,14,15). The minimum atomic E-state index is -4.35. The fourth-order valence-electron chi connectivity index (χ4n) is 1.21. The van der Waals surface area contributed by atoms with Crippen molar-refractivity contribution in [3.8, 4) is 5.75 Å². The summed E-state index contributed by atoms with van der Waals surface area (Å²) in [5, 5.41) is 18.4. The Balaban J connectivity index is 3.35. The summed E-state index contributed by atoms with van der Waals surface area (Å²) < 4.78 is 24.7. The number of alkyl halides is 1. The molecule has 0 aliphatic heterocycles. The van der Waals surface area contributed by atoms with Gasteiger partial charge in [0.25, 0.3) is 10.0 Å². The van der Waals surface area contributed by atoms with E-state index < -0.39 is 33.3 Å². The third kappa shape index (κ3) is 3.06. The van der Waals surface area contributed by atoms with Crippen LogP contribution >= 0.6 is 27.5 Å². The van der Waals surface area contributed by atoms with Crippen LogP contribution in [0.25, 0.3) is 0 Å². The van der Waals surface area contributed by atoms with E-state index in [4.69, 9.17) is 16.7 Å². The van der Waals surface area contributed by atoms with Gasteiger partial charge in [-0.05, 0) is 18.2 Å². The number of hydrogen-bond donors (Lipinski definition) is 2. The fourth-order valence-corrected chi connectivity index (χ4v) is 3.37. The number of carboxylic acid groups (broad SMARTS) is 1. The van der Waals surface area contributed by atoms with Crippen LogP contribution in [0.5, 0.6) is 5.75 Å². The molecule has 6 nitrogen and oxygen atoms in total. The first-order chi connectivity index (χ1) is 8.30. The Morgan fingerprint density at radius 3 is 2.56 bits per heavy atom. The van der Waals surface area contributed by atoms with Crippen molar-refractivity contribution in [1.29, 1.82) is 0 Å². The molecule has 9 heteroatoms. The number of sulfonamides is 1. The quantitative estimate of drug-likeness (QED) is 0.803. The Hall–Kier alpha value is -0.990. The first-order valence-corrected chi connectivity index (χ1v) is 7.37. The normalized spacial score (nSPS) is 11.2. The van der Waals surface area contributed by atoms with Crippen LogP contribution in [-0.2, 0) is 10.0 Å². The molecule has 0 aliphatic carbocycles. The zero-order chi connectivity index (χ0) is 13.9. The van der Waals surface area contributed by atoms with Gasteiger partial charge in [0.05, 0.1) is 6.54 Å². The van der Waals surface area contributed by atoms with Crippen molar-refractivity contribution in [2.45, 2.75) is 4.90 Å². The summed E-state index contributed by atoms with van der Waals surface area (Å²) in [4.78, 5) is 10.4. The van der Waals surface area contributed by atoms with Gasteiger partial charge in [0, 0.05) is 10.4 Å². The highest BCUT2D eigenvalue weighted by Crippen LogP contribution is 2.28. The smallest absolute Gasteiger partial charge is 0.421 e. The minimum Gasteiger partial charge on any atom is -0.507 e. The van der Waals surface area contributed by atoms with Crippen LogP contribution in [0.2, 0.25) is 0 Å². The van der Waals surface area contributed by atoms with Crippen molar-refractivity contribution >= 4 is 43.6 Å². The second-order valence-electron chi connectivity index (χ2n) is 3.16. The summed E-state index contributed by atoms with van der Waals surface area (Å²) >= 11 is 8.41. The fraction of sp³-hybridized carbons (Fsp3) is 0.222. The van der Waals surface area contributed by atoms with E-state index in [0.717, 1.165) is 12.1 Å². The molecule has 0 fully saturated rings. The number of phenols is 1. The Morgan fingerprint density at radius 2 is 2.06 bits per heavy atom. The molecule has 0 heterocycles. The van der Waals surface area contributed by atoms with Gasteiger partial charge in [0.1, 0.15) is 10.6 Å². The molecule has 1 aromatic carbocycles. The van der Waals surface area contributed by atoms with E-state index in [1.807, 2.05) is 0 Å². The largest absolute Gasteiger partial charge is 0.507 e. The van der Waals surface area contributed by atoms with E-state index in [1.165, 1.54) is 6.07 Å². The molecule has 0 atom stereocenters. The van der Waals surface area contributed by atoms with Crippen LogP contribution in [0.1, 0.15) is 0 Å². The number of phenolic OH excluding ortho intramolecular Hbond substituents is 1. The van der Waals surface area contributed by atoms with E-state index in [1.54, 1.807) is 0 Å². The summed E-state index contributed by atoms with van der Waals surface area (Å²) in [5.41, 5.74) is 0. The first kappa shape index (κ1) is 15.1. The molecule has 0 spiro atoms. The molecule has 1 rings (SSSR count). The Labute approximate surface area is 117 Å². The Morgan fingerprint density at radius 1 is 1.44 bits per heavy atom. The number of benzene rings is 1. The van der Waals surface area contributed by atoms with Crippen LogP contribution in [0.15, 0.2) is 27.6 Å². The molecule has 0 aliphatic rings. The van der Waals surface area contributed by atoms with Gasteiger partial charge in [-0.25, -0.2) is 13.2 Å². The molecular formula is C9H9BrClNO5S. The molecule has 18 heavy (non-hydrogen) atoms. The predicted molar refractivity (Wildman–Crippen MR) is 68.4 cm³/mol. The van der Waals surface area contributed by atoms with Gasteiger partial charge in [0.2, 0.25) is 0 Å². The van der Waals surface area contributed by atoms with Crippen LogP contribution in [0.3, 0.4) is 0 Å². The molecule has 0 saturated carbocycles. The minimum absolute atomic E-state index is 0.180. The lowest BCUT2D eigenvalue weighted by Gasteiger charge is -2.18. The molecule has 0 aromatic heterocycles. The number of carbonyl (C=O) groups is 1. The molecule has 0 unspecified atom stereocenters.